The van der Waals surface area contributed by atoms with Crippen molar-refractivity contribution in [3.05, 3.63) is 0 Å². The second kappa shape index (κ2) is 13.6. The van der Waals surface area contributed by atoms with E-state index in [1.54, 1.807) is 0 Å². The third kappa shape index (κ3) is 8.42. The molecule has 2 saturated carbocycles. The van der Waals surface area contributed by atoms with Gasteiger partial charge in [0.2, 0.25) is 0 Å². The molecule has 0 aliphatic heterocycles. The highest BCUT2D eigenvalue weighted by atomic mass is 16.7. The van der Waals surface area contributed by atoms with Gasteiger partial charge in [0.15, 0.2) is 0 Å². The molecule has 2 fully saturated rings. The molecule has 0 heterocycles. The number of unbranched alkanes of at least 4 members (excludes halogenated alkanes) is 5. The topological polar surface area (TPSA) is 42.2 Å². The predicted octanol–water partition coefficient (Wildman–Crippen LogP) is 7.54. The van der Waals surface area contributed by atoms with Crippen LogP contribution in [-0.2, 0) is 9.47 Å². The molecule has 0 spiro atoms. The summed E-state index contributed by atoms with van der Waals surface area (Å²) in [6.07, 6.45) is 21.4. The van der Waals surface area contributed by atoms with E-state index in [0.717, 1.165) is 38.0 Å². The largest absolute Gasteiger partial charge is 0.352 e. The Morgan fingerprint density at radius 2 is 1.39 bits per heavy atom. The normalized spacial score (nSPS) is 30.8. The van der Waals surface area contributed by atoms with Crippen LogP contribution in [0.1, 0.15) is 123 Å². The van der Waals surface area contributed by atoms with Crippen LogP contribution in [0.2, 0.25) is 0 Å². The van der Waals surface area contributed by atoms with Gasteiger partial charge in [-0.15, -0.1) is 0 Å². The van der Waals surface area contributed by atoms with Gasteiger partial charge in [-0.25, -0.2) is 0 Å². The van der Waals surface area contributed by atoms with Crippen molar-refractivity contribution in [2.45, 2.75) is 135 Å². The number of hydrogen-bond donors (Lipinski definition) is 0. The number of hydrogen-bond acceptors (Lipinski definition) is 3. The van der Waals surface area contributed by atoms with Gasteiger partial charge in [-0.2, -0.15) is 5.26 Å². The van der Waals surface area contributed by atoms with Crippen LogP contribution in [0.15, 0.2) is 0 Å². The summed E-state index contributed by atoms with van der Waals surface area (Å²) in [6.45, 7) is 4.98. The minimum atomic E-state index is -0.0796. The Balaban J connectivity index is 1.55. The molecule has 2 aliphatic carbocycles. The highest BCUT2D eigenvalue weighted by Gasteiger charge is 2.35. The standard InChI is InChI=1S/C25H45NO2/c1-3-5-7-8-9-17-25(20-26)18-15-24(16-19-25)28-21-27-23-13-11-22(12-14-23)10-6-4-2/h22-24H,3-19,21H2,1-2H3/t22-,23-,24-,25-. The van der Waals surface area contributed by atoms with Gasteiger partial charge in [-0.3, -0.25) is 0 Å². The Morgan fingerprint density at radius 3 is 2.00 bits per heavy atom. The molecule has 3 heteroatoms. The Bertz CT molecular complexity index is 428. The van der Waals surface area contributed by atoms with Gasteiger partial charge in [0.25, 0.3) is 0 Å². The molecule has 0 aromatic heterocycles. The molecule has 0 N–H and O–H groups in total. The van der Waals surface area contributed by atoms with Crippen molar-refractivity contribution in [1.82, 2.24) is 0 Å². The summed E-state index contributed by atoms with van der Waals surface area (Å²) in [4.78, 5) is 0. The first kappa shape index (κ1) is 23.7. The van der Waals surface area contributed by atoms with Crippen LogP contribution in [0.4, 0.5) is 0 Å². The van der Waals surface area contributed by atoms with E-state index in [9.17, 15) is 5.26 Å². The lowest BCUT2D eigenvalue weighted by Gasteiger charge is -2.35. The first-order valence-corrected chi connectivity index (χ1v) is 12.4. The van der Waals surface area contributed by atoms with Gasteiger partial charge in [0, 0.05) is 0 Å². The molecule has 2 rings (SSSR count). The summed E-state index contributed by atoms with van der Waals surface area (Å²) in [5.41, 5.74) is -0.0796. The van der Waals surface area contributed by atoms with Crippen LogP contribution in [-0.4, -0.2) is 19.0 Å². The molecular weight excluding hydrogens is 346 g/mol. The van der Waals surface area contributed by atoms with Crippen LogP contribution in [0.3, 0.4) is 0 Å². The second-order valence-corrected chi connectivity index (χ2v) is 9.49. The number of nitriles is 1. The maximum absolute atomic E-state index is 9.74. The van der Waals surface area contributed by atoms with Crippen molar-refractivity contribution in [3.8, 4) is 6.07 Å². The molecule has 0 unspecified atom stereocenters. The minimum absolute atomic E-state index is 0.0796. The fourth-order valence-electron chi connectivity index (χ4n) is 5.11. The van der Waals surface area contributed by atoms with Crippen molar-refractivity contribution in [3.63, 3.8) is 0 Å². The smallest absolute Gasteiger partial charge is 0.147 e. The van der Waals surface area contributed by atoms with Crippen LogP contribution < -0.4 is 0 Å². The third-order valence-corrected chi connectivity index (χ3v) is 7.25. The van der Waals surface area contributed by atoms with Gasteiger partial charge >= 0.3 is 0 Å². The maximum Gasteiger partial charge on any atom is 0.147 e. The molecule has 0 aromatic rings. The van der Waals surface area contributed by atoms with Crippen molar-refractivity contribution in [2.75, 3.05) is 6.79 Å². The number of rotatable bonds is 13. The van der Waals surface area contributed by atoms with E-state index in [2.05, 4.69) is 19.9 Å². The van der Waals surface area contributed by atoms with Crippen molar-refractivity contribution in [1.29, 1.82) is 5.26 Å². The zero-order chi connectivity index (χ0) is 20.1. The molecular formula is C25H45NO2. The van der Waals surface area contributed by atoms with Crippen LogP contribution in [0, 0.1) is 22.7 Å². The maximum atomic E-state index is 9.74. The van der Waals surface area contributed by atoms with Crippen LogP contribution in [0.5, 0.6) is 0 Å². The van der Waals surface area contributed by atoms with Gasteiger partial charge in [0.05, 0.1) is 23.7 Å². The molecule has 0 saturated heterocycles. The molecule has 28 heavy (non-hydrogen) atoms. The quantitative estimate of drug-likeness (QED) is 0.240. The van der Waals surface area contributed by atoms with E-state index in [0.29, 0.717) is 19.0 Å². The first-order valence-electron chi connectivity index (χ1n) is 12.4. The summed E-state index contributed by atoms with van der Waals surface area (Å²) in [7, 11) is 0. The zero-order valence-electron chi connectivity index (χ0n) is 18.7. The van der Waals surface area contributed by atoms with Crippen LogP contribution in [0.25, 0.3) is 0 Å². The summed E-state index contributed by atoms with van der Waals surface area (Å²) in [5.74, 6) is 0.931. The fraction of sp³-hybridized carbons (Fsp3) is 0.960. The number of ether oxygens (including phenoxy) is 2. The SMILES string of the molecule is CCCCCCC[C@]1(C#N)CC[C@H](OCO[C@H]2CC[C@H](CCCC)CC2)CC1. The van der Waals surface area contributed by atoms with E-state index in [1.165, 1.54) is 77.0 Å². The van der Waals surface area contributed by atoms with Crippen molar-refractivity contribution >= 4 is 0 Å². The highest BCUT2D eigenvalue weighted by molar-refractivity contribution is 5.01. The predicted molar refractivity (Wildman–Crippen MR) is 116 cm³/mol. The minimum Gasteiger partial charge on any atom is -0.352 e. The summed E-state index contributed by atoms with van der Waals surface area (Å²) < 4.78 is 12.1. The molecule has 0 amide bonds. The lowest BCUT2D eigenvalue weighted by Crippen LogP contribution is -2.31. The molecule has 0 aromatic carbocycles. The Morgan fingerprint density at radius 1 is 0.786 bits per heavy atom. The van der Waals surface area contributed by atoms with E-state index in [-0.39, 0.29) is 5.41 Å². The summed E-state index contributed by atoms with van der Waals surface area (Å²) >= 11 is 0. The van der Waals surface area contributed by atoms with E-state index >= 15 is 0 Å². The van der Waals surface area contributed by atoms with Crippen molar-refractivity contribution in [2.24, 2.45) is 11.3 Å². The van der Waals surface area contributed by atoms with Crippen LogP contribution >= 0.6 is 0 Å². The lowest BCUT2D eigenvalue weighted by atomic mass is 9.71. The highest BCUT2D eigenvalue weighted by Crippen LogP contribution is 2.41. The third-order valence-electron chi connectivity index (χ3n) is 7.25. The summed E-state index contributed by atoms with van der Waals surface area (Å²) in [5, 5.41) is 9.74. The van der Waals surface area contributed by atoms with Gasteiger partial charge < -0.3 is 9.47 Å². The lowest BCUT2D eigenvalue weighted by molar-refractivity contribution is -0.137. The Hall–Kier alpha value is -0.590. The molecule has 0 bridgehead atoms. The Labute approximate surface area is 174 Å². The second-order valence-electron chi connectivity index (χ2n) is 9.49. The van der Waals surface area contributed by atoms with Crippen molar-refractivity contribution < 1.29 is 9.47 Å². The fourth-order valence-corrected chi connectivity index (χ4v) is 5.11. The molecule has 0 atom stereocenters. The van der Waals surface area contributed by atoms with E-state index in [4.69, 9.17) is 9.47 Å². The molecule has 2 aliphatic rings. The zero-order valence-corrected chi connectivity index (χ0v) is 18.7. The molecule has 3 nitrogen and oxygen atoms in total. The average molecular weight is 392 g/mol. The molecule has 0 radical (unpaired) electrons. The van der Waals surface area contributed by atoms with Gasteiger partial charge in [-0.1, -0.05) is 65.2 Å². The molecule has 162 valence electrons. The van der Waals surface area contributed by atoms with Gasteiger partial charge in [-0.05, 0) is 63.7 Å². The number of nitrogens with zero attached hydrogens (tertiary/aromatic N) is 1. The van der Waals surface area contributed by atoms with E-state index in [1.807, 2.05) is 0 Å². The monoisotopic (exact) mass is 391 g/mol. The van der Waals surface area contributed by atoms with E-state index < -0.39 is 0 Å². The van der Waals surface area contributed by atoms with Gasteiger partial charge in [0.1, 0.15) is 6.79 Å². The average Bonchev–Trinajstić information content (AvgIpc) is 2.74. The summed E-state index contributed by atoms with van der Waals surface area (Å²) in [6, 6.07) is 2.67. The Kier molecular flexibility index (Phi) is 11.5. The first-order chi connectivity index (χ1) is 13.7.